The second kappa shape index (κ2) is 8.84. The molecule has 0 radical (unpaired) electrons. The number of likely N-dealkylation sites (tertiary alicyclic amines) is 1. The summed E-state index contributed by atoms with van der Waals surface area (Å²) in [7, 11) is 0. The standard InChI is InChI=1S/C28H26ClN7/c29-22-14-19-5-6-24(23-4-1-2-8-30-23)33-25(19)15-26(22)34-27-21-7-11-36(28(21)32-17-31-27)20-12-18(13-20)16-35-9-3-10-35/h1-2,4-8,11,14-15,17-18,20H,3,9-10,12-13,16H2,(H,31,32,34). The van der Waals surface area contributed by atoms with Gasteiger partial charge in [0.05, 0.1) is 33.0 Å². The van der Waals surface area contributed by atoms with Gasteiger partial charge >= 0.3 is 0 Å². The highest BCUT2D eigenvalue weighted by molar-refractivity contribution is 6.34. The van der Waals surface area contributed by atoms with Crippen molar-refractivity contribution in [1.82, 2.24) is 29.4 Å². The number of aromatic nitrogens is 5. The lowest BCUT2D eigenvalue weighted by atomic mass is 9.79. The molecule has 7 nitrogen and oxygen atoms in total. The summed E-state index contributed by atoms with van der Waals surface area (Å²) >= 11 is 6.67. The summed E-state index contributed by atoms with van der Waals surface area (Å²) in [6.45, 7) is 3.79. The maximum Gasteiger partial charge on any atom is 0.145 e. The van der Waals surface area contributed by atoms with Crippen LogP contribution in [-0.4, -0.2) is 49.0 Å². The van der Waals surface area contributed by atoms with E-state index in [1.54, 1.807) is 12.5 Å². The van der Waals surface area contributed by atoms with Gasteiger partial charge in [-0.15, -0.1) is 0 Å². The summed E-state index contributed by atoms with van der Waals surface area (Å²) in [5, 5.41) is 6.04. The molecule has 0 amide bonds. The predicted octanol–water partition coefficient (Wildman–Crippen LogP) is 6.10. The average Bonchev–Trinajstić information content (AvgIpc) is 3.27. The van der Waals surface area contributed by atoms with Crippen LogP contribution in [0.25, 0.3) is 33.3 Å². The molecular weight excluding hydrogens is 470 g/mol. The summed E-state index contributed by atoms with van der Waals surface area (Å²) < 4.78 is 2.32. The first kappa shape index (κ1) is 21.7. The van der Waals surface area contributed by atoms with E-state index in [9.17, 15) is 0 Å². The van der Waals surface area contributed by atoms with Gasteiger partial charge in [-0.05, 0) is 74.7 Å². The zero-order valence-electron chi connectivity index (χ0n) is 19.8. The van der Waals surface area contributed by atoms with Gasteiger partial charge in [-0.25, -0.2) is 15.0 Å². The van der Waals surface area contributed by atoms with Crippen molar-refractivity contribution in [2.75, 3.05) is 25.0 Å². The van der Waals surface area contributed by atoms with E-state index in [0.29, 0.717) is 11.1 Å². The maximum atomic E-state index is 6.67. The van der Waals surface area contributed by atoms with Crippen LogP contribution in [0.1, 0.15) is 25.3 Å². The van der Waals surface area contributed by atoms with Crippen LogP contribution in [0, 0.1) is 5.92 Å². The lowest BCUT2D eigenvalue weighted by Crippen LogP contribution is -2.43. The molecule has 8 heteroatoms. The number of rotatable bonds is 6. The van der Waals surface area contributed by atoms with E-state index < -0.39 is 0 Å². The van der Waals surface area contributed by atoms with E-state index in [2.05, 4.69) is 42.0 Å². The second-order valence-corrected chi connectivity index (χ2v) is 10.3. The predicted molar refractivity (Wildman–Crippen MR) is 144 cm³/mol. The van der Waals surface area contributed by atoms with Crippen molar-refractivity contribution in [2.24, 2.45) is 5.92 Å². The number of pyridine rings is 2. The Labute approximate surface area is 214 Å². The molecule has 1 aliphatic heterocycles. The van der Waals surface area contributed by atoms with E-state index in [1.165, 1.54) is 38.9 Å². The topological polar surface area (TPSA) is 71.8 Å². The summed E-state index contributed by atoms with van der Waals surface area (Å²) in [5.74, 6) is 1.55. The fourth-order valence-electron chi connectivity index (χ4n) is 5.39. The Bertz CT molecular complexity index is 1560. The molecule has 1 N–H and O–H groups in total. The first-order valence-corrected chi connectivity index (χ1v) is 12.9. The molecule has 180 valence electrons. The zero-order chi connectivity index (χ0) is 24.1. The van der Waals surface area contributed by atoms with Crippen LogP contribution in [0.5, 0.6) is 0 Å². The minimum absolute atomic E-state index is 0.509. The largest absolute Gasteiger partial charge is 0.338 e. The van der Waals surface area contributed by atoms with Gasteiger partial charge in [-0.3, -0.25) is 4.98 Å². The zero-order valence-corrected chi connectivity index (χ0v) is 20.6. The Morgan fingerprint density at radius 1 is 0.972 bits per heavy atom. The smallest absolute Gasteiger partial charge is 0.145 e. The molecule has 5 heterocycles. The van der Waals surface area contributed by atoms with Gasteiger partial charge in [-0.2, -0.15) is 0 Å². The van der Waals surface area contributed by atoms with Crippen LogP contribution in [0.3, 0.4) is 0 Å². The second-order valence-electron chi connectivity index (χ2n) is 9.89. The summed E-state index contributed by atoms with van der Waals surface area (Å²) in [6.07, 6.45) is 9.34. The minimum Gasteiger partial charge on any atom is -0.338 e. The first-order valence-electron chi connectivity index (χ1n) is 12.5. The Balaban J connectivity index is 1.16. The molecule has 2 fully saturated rings. The van der Waals surface area contributed by atoms with E-state index in [0.717, 1.165) is 50.7 Å². The van der Waals surface area contributed by atoms with Crippen molar-refractivity contribution in [2.45, 2.75) is 25.3 Å². The normalized spacial score (nSPS) is 19.8. The molecular formula is C28H26ClN7. The SMILES string of the molecule is Clc1cc2ccc(-c3ccccn3)nc2cc1Nc1ncnc2c1ccn2C1CC(CN2CCC2)C1. The highest BCUT2D eigenvalue weighted by atomic mass is 35.5. The van der Waals surface area contributed by atoms with Crippen LogP contribution in [0.4, 0.5) is 11.5 Å². The first-order chi connectivity index (χ1) is 17.7. The highest BCUT2D eigenvalue weighted by Gasteiger charge is 2.33. The maximum absolute atomic E-state index is 6.67. The number of anilines is 2. The number of halogens is 1. The monoisotopic (exact) mass is 495 g/mol. The molecule has 36 heavy (non-hydrogen) atoms. The number of nitrogens with zero attached hydrogens (tertiary/aromatic N) is 6. The minimum atomic E-state index is 0.509. The number of hydrogen-bond acceptors (Lipinski definition) is 6. The number of fused-ring (bicyclic) bond motifs is 2. The van der Waals surface area contributed by atoms with Gasteiger partial charge in [-0.1, -0.05) is 23.7 Å². The van der Waals surface area contributed by atoms with Gasteiger partial charge in [0.1, 0.15) is 17.8 Å². The molecule has 5 aromatic rings. The highest BCUT2D eigenvalue weighted by Crippen LogP contribution is 2.41. The van der Waals surface area contributed by atoms with Crippen molar-refractivity contribution >= 4 is 45.0 Å². The van der Waals surface area contributed by atoms with Crippen molar-refractivity contribution in [1.29, 1.82) is 0 Å². The molecule has 0 spiro atoms. The number of nitrogens with one attached hydrogen (secondary N) is 1. The third-order valence-corrected chi connectivity index (χ3v) is 7.85. The van der Waals surface area contributed by atoms with Crippen LogP contribution in [0.2, 0.25) is 5.02 Å². The van der Waals surface area contributed by atoms with Crippen LogP contribution in [-0.2, 0) is 0 Å². The quantitative estimate of drug-likeness (QED) is 0.307. The Morgan fingerprint density at radius 3 is 2.69 bits per heavy atom. The molecule has 0 bridgehead atoms. The van der Waals surface area contributed by atoms with Crippen LogP contribution in [0.15, 0.2) is 67.3 Å². The average molecular weight is 496 g/mol. The van der Waals surface area contributed by atoms with Gasteiger partial charge in [0.25, 0.3) is 0 Å². The lowest BCUT2D eigenvalue weighted by Gasteiger charge is -2.42. The fourth-order valence-corrected chi connectivity index (χ4v) is 5.61. The molecule has 1 saturated heterocycles. The third kappa shape index (κ3) is 3.88. The van der Waals surface area contributed by atoms with Crippen molar-refractivity contribution in [3.63, 3.8) is 0 Å². The number of hydrogen-bond donors (Lipinski definition) is 1. The van der Waals surface area contributed by atoms with Crippen molar-refractivity contribution < 1.29 is 0 Å². The summed E-state index contributed by atoms with van der Waals surface area (Å²) in [4.78, 5) is 21.0. The summed E-state index contributed by atoms with van der Waals surface area (Å²) in [5.41, 5.74) is 4.24. The van der Waals surface area contributed by atoms with Crippen molar-refractivity contribution in [3.05, 3.63) is 72.3 Å². The molecule has 4 aromatic heterocycles. The fraction of sp³-hybridized carbons (Fsp3) is 0.286. The van der Waals surface area contributed by atoms with Gasteiger partial charge in [0.2, 0.25) is 0 Å². The van der Waals surface area contributed by atoms with Gasteiger partial charge < -0.3 is 14.8 Å². The van der Waals surface area contributed by atoms with E-state index >= 15 is 0 Å². The Kier molecular flexibility index (Phi) is 5.33. The molecule has 0 unspecified atom stereocenters. The lowest BCUT2D eigenvalue weighted by molar-refractivity contribution is 0.0921. The van der Waals surface area contributed by atoms with Crippen LogP contribution >= 0.6 is 11.6 Å². The molecule has 1 aliphatic carbocycles. The molecule has 1 aromatic carbocycles. The van der Waals surface area contributed by atoms with Crippen molar-refractivity contribution in [3.8, 4) is 11.4 Å². The molecule has 0 atom stereocenters. The van der Waals surface area contributed by atoms with E-state index in [-0.39, 0.29) is 0 Å². The van der Waals surface area contributed by atoms with Gasteiger partial charge in [0, 0.05) is 30.4 Å². The van der Waals surface area contributed by atoms with Gasteiger partial charge in [0.15, 0.2) is 0 Å². The molecule has 7 rings (SSSR count). The molecule has 2 aliphatic rings. The van der Waals surface area contributed by atoms with E-state index in [1.807, 2.05) is 42.5 Å². The number of benzene rings is 1. The third-order valence-electron chi connectivity index (χ3n) is 7.54. The molecule has 1 saturated carbocycles. The summed E-state index contributed by atoms with van der Waals surface area (Å²) in [6, 6.07) is 16.3. The Morgan fingerprint density at radius 2 is 1.89 bits per heavy atom. The van der Waals surface area contributed by atoms with E-state index in [4.69, 9.17) is 16.6 Å². The Hall–Kier alpha value is -3.55. The van der Waals surface area contributed by atoms with Crippen LogP contribution < -0.4 is 5.32 Å².